The molecule has 1 aromatic carbocycles. The zero-order valence-corrected chi connectivity index (χ0v) is 15.6. The quantitative estimate of drug-likeness (QED) is 0.241. The number of rotatable bonds is 7. The van der Waals surface area contributed by atoms with Crippen LogP contribution in [-0.4, -0.2) is 36.8 Å². The summed E-state index contributed by atoms with van der Waals surface area (Å²) in [5.41, 5.74) is -0.849. The average molecular weight is 406 g/mol. The second-order valence-corrected chi connectivity index (χ2v) is 7.21. The second kappa shape index (κ2) is 9.77. The lowest BCUT2D eigenvalue weighted by molar-refractivity contribution is -0.140. The Hall–Kier alpha value is -1.81. The maximum atomic E-state index is 12.8. The van der Waals surface area contributed by atoms with Gasteiger partial charge in [0.25, 0.3) is 0 Å². The fraction of sp³-hybridized carbons (Fsp3) is 0.375. The molecular weight excluding hydrogens is 388 g/mol. The smallest absolute Gasteiger partial charge is 0.356 e. The Morgan fingerprint density at radius 2 is 1.88 bits per heavy atom. The number of hydrogen-bond donors (Lipinski definition) is 2. The molecule has 0 aliphatic carbocycles. The first-order valence-electron chi connectivity index (χ1n) is 7.73. The normalized spacial score (nSPS) is 12.3. The lowest BCUT2D eigenvalue weighted by Gasteiger charge is -2.11. The van der Waals surface area contributed by atoms with E-state index in [1.165, 1.54) is 12.1 Å². The Balaban J connectivity index is 1.66. The number of benzene rings is 1. The van der Waals surface area contributed by atoms with Crippen LogP contribution in [0.2, 0.25) is 0 Å². The van der Waals surface area contributed by atoms with Gasteiger partial charge in [-0.1, -0.05) is 0 Å². The molecule has 0 unspecified atom stereocenters. The van der Waals surface area contributed by atoms with Crippen molar-refractivity contribution in [2.75, 3.05) is 25.9 Å². The molecule has 0 atom stereocenters. The zero-order valence-electron chi connectivity index (χ0n) is 13.9. The predicted octanol–water partition coefficient (Wildman–Crippen LogP) is 3.80. The van der Waals surface area contributed by atoms with Gasteiger partial charge in [0.05, 0.1) is 5.01 Å². The summed E-state index contributed by atoms with van der Waals surface area (Å²) in [4.78, 5) is 8.61. The van der Waals surface area contributed by atoms with Crippen LogP contribution in [0.15, 0.2) is 39.5 Å². The molecule has 4 nitrogen and oxygen atoms in total. The number of alkyl halides is 3. The highest BCUT2D eigenvalue weighted by atomic mass is 32.2. The van der Waals surface area contributed by atoms with E-state index in [0.29, 0.717) is 30.5 Å². The summed E-state index contributed by atoms with van der Waals surface area (Å²) in [6.07, 6.45) is -4.02. The second-order valence-electron chi connectivity index (χ2n) is 5.10. The molecule has 0 bridgehead atoms. The van der Waals surface area contributed by atoms with Gasteiger partial charge in [-0.15, -0.1) is 23.1 Å². The van der Waals surface area contributed by atoms with Crippen molar-refractivity contribution in [1.82, 2.24) is 15.6 Å². The molecule has 2 rings (SSSR count). The lowest BCUT2D eigenvalue weighted by atomic mass is 10.4. The molecule has 1 heterocycles. The predicted molar refractivity (Wildman–Crippen MR) is 97.3 cm³/mol. The Morgan fingerprint density at radius 1 is 1.19 bits per heavy atom. The topological polar surface area (TPSA) is 49.3 Å². The lowest BCUT2D eigenvalue weighted by Crippen LogP contribution is -2.39. The van der Waals surface area contributed by atoms with Crippen molar-refractivity contribution in [2.24, 2.45) is 4.99 Å². The van der Waals surface area contributed by atoms with Gasteiger partial charge >= 0.3 is 6.18 Å². The molecule has 0 amide bonds. The van der Waals surface area contributed by atoms with Gasteiger partial charge in [0, 0.05) is 42.6 Å². The first-order valence-corrected chi connectivity index (χ1v) is 9.59. The Kier molecular flexibility index (Phi) is 7.70. The molecule has 2 aromatic rings. The fourth-order valence-electron chi connectivity index (χ4n) is 1.93. The van der Waals surface area contributed by atoms with Crippen LogP contribution in [0.25, 0.3) is 0 Å². The molecule has 26 heavy (non-hydrogen) atoms. The molecular formula is C16H18F4N4S2. The van der Waals surface area contributed by atoms with Crippen molar-refractivity contribution in [3.63, 3.8) is 0 Å². The molecule has 0 aliphatic heterocycles. The number of nitrogens with one attached hydrogen (secondary N) is 2. The van der Waals surface area contributed by atoms with Crippen LogP contribution in [0.4, 0.5) is 17.6 Å². The summed E-state index contributed by atoms with van der Waals surface area (Å²) in [6.45, 7) is 1.06. The van der Waals surface area contributed by atoms with Crippen molar-refractivity contribution in [3.8, 4) is 0 Å². The van der Waals surface area contributed by atoms with Gasteiger partial charge in [-0.05, 0) is 24.3 Å². The van der Waals surface area contributed by atoms with Gasteiger partial charge in [-0.25, -0.2) is 9.37 Å². The van der Waals surface area contributed by atoms with Crippen molar-refractivity contribution in [3.05, 3.63) is 46.2 Å². The largest absolute Gasteiger partial charge is 0.434 e. The van der Waals surface area contributed by atoms with Gasteiger partial charge in [0.15, 0.2) is 11.7 Å². The Bertz CT molecular complexity index is 714. The van der Waals surface area contributed by atoms with Crippen molar-refractivity contribution >= 4 is 29.1 Å². The number of thiazole rings is 1. The summed E-state index contributed by atoms with van der Waals surface area (Å²) in [6, 6.07) is 6.27. The van der Waals surface area contributed by atoms with E-state index in [4.69, 9.17) is 0 Å². The average Bonchev–Trinajstić information content (AvgIpc) is 3.08. The first-order chi connectivity index (χ1) is 12.4. The van der Waals surface area contributed by atoms with E-state index < -0.39 is 11.9 Å². The summed E-state index contributed by atoms with van der Waals surface area (Å²) >= 11 is 2.57. The van der Waals surface area contributed by atoms with E-state index in [1.807, 2.05) is 0 Å². The molecule has 10 heteroatoms. The van der Waals surface area contributed by atoms with Gasteiger partial charge in [-0.3, -0.25) is 4.99 Å². The van der Waals surface area contributed by atoms with Crippen molar-refractivity contribution in [1.29, 1.82) is 0 Å². The van der Waals surface area contributed by atoms with Gasteiger partial charge in [0.1, 0.15) is 5.82 Å². The highest BCUT2D eigenvalue weighted by Crippen LogP contribution is 2.30. The highest BCUT2D eigenvalue weighted by molar-refractivity contribution is 7.99. The van der Waals surface area contributed by atoms with Crippen LogP contribution in [0, 0.1) is 5.82 Å². The minimum atomic E-state index is -4.40. The number of hydrogen-bond acceptors (Lipinski definition) is 4. The van der Waals surface area contributed by atoms with E-state index >= 15 is 0 Å². The standard InChI is InChI=1S/C16H18F4N4S2/c1-21-15(23-8-9-25-12-4-2-11(17)3-5-12)22-7-6-14-24-13(10-26-14)16(18,19)20/h2-5,10H,6-9H2,1H3,(H2,21,22,23). The fourth-order valence-corrected chi connectivity index (χ4v) is 3.51. The molecule has 0 saturated heterocycles. The minimum absolute atomic E-state index is 0.264. The van der Waals surface area contributed by atoms with E-state index in [-0.39, 0.29) is 5.82 Å². The van der Waals surface area contributed by atoms with Gasteiger partial charge in [-0.2, -0.15) is 13.2 Å². The maximum Gasteiger partial charge on any atom is 0.434 e. The third kappa shape index (κ3) is 6.83. The summed E-state index contributed by atoms with van der Waals surface area (Å²) < 4.78 is 50.3. The Morgan fingerprint density at radius 3 is 2.50 bits per heavy atom. The molecule has 1 aromatic heterocycles. The molecule has 142 valence electrons. The zero-order chi connectivity index (χ0) is 19.0. The first kappa shape index (κ1) is 20.5. The van der Waals surface area contributed by atoms with E-state index in [9.17, 15) is 17.6 Å². The number of aromatic nitrogens is 1. The van der Waals surface area contributed by atoms with Crippen LogP contribution in [0.5, 0.6) is 0 Å². The van der Waals surface area contributed by atoms with Crippen LogP contribution in [0.3, 0.4) is 0 Å². The van der Waals surface area contributed by atoms with Gasteiger partial charge in [0.2, 0.25) is 0 Å². The number of nitrogens with zero attached hydrogens (tertiary/aromatic N) is 2. The van der Waals surface area contributed by atoms with Crippen molar-refractivity contribution < 1.29 is 17.6 Å². The molecule has 0 spiro atoms. The molecule has 0 fully saturated rings. The molecule has 2 N–H and O–H groups in total. The minimum Gasteiger partial charge on any atom is -0.356 e. The number of halogens is 4. The van der Waals surface area contributed by atoms with E-state index in [0.717, 1.165) is 27.4 Å². The monoisotopic (exact) mass is 406 g/mol. The van der Waals surface area contributed by atoms with Crippen LogP contribution < -0.4 is 10.6 Å². The van der Waals surface area contributed by atoms with Crippen molar-refractivity contribution in [2.45, 2.75) is 17.5 Å². The summed E-state index contributed by atoms with van der Waals surface area (Å²) in [7, 11) is 1.62. The van der Waals surface area contributed by atoms with Crippen LogP contribution in [0.1, 0.15) is 10.7 Å². The SMILES string of the molecule is CN=C(NCCSc1ccc(F)cc1)NCCc1nc(C(F)(F)F)cs1. The van der Waals surface area contributed by atoms with Gasteiger partial charge < -0.3 is 10.6 Å². The highest BCUT2D eigenvalue weighted by Gasteiger charge is 2.33. The van der Waals surface area contributed by atoms with E-state index in [1.54, 1.807) is 30.9 Å². The molecule has 0 aliphatic rings. The van der Waals surface area contributed by atoms with Crippen LogP contribution >= 0.6 is 23.1 Å². The number of aliphatic imine (C=N–C) groups is 1. The number of thioether (sulfide) groups is 1. The maximum absolute atomic E-state index is 12.8. The summed E-state index contributed by atoms with van der Waals surface area (Å²) in [5, 5.41) is 7.60. The van der Waals surface area contributed by atoms with Crippen LogP contribution in [-0.2, 0) is 12.6 Å². The summed E-state index contributed by atoms with van der Waals surface area (Å²) in [5.74, 6) is 1.06. The molecule has 0 saturated carbocycles. The van der Waals surface area contributed by atoms with E-state index in [2.05, 4.69) is 20.6 Å². The molecule has 0 radical (unpaired) electrons. The third-order valence-electron chi connectivity index (χ3n) is 3.17. The third-order valence-corrected chi connectivity index (χ3v) is 5.10. The number of guanidine groups is 1. The Labute approximate surface area is 157 Å².